The van der Waals surface area contributed by atoms with E-state index < -0.39 is 28.5 Å². The molecule has 0 aliphatic rings. The monoisotopic (exact) mass is 693 g/mol. The van der Waals surface area contributed by atoms with Gasteiger partial charge in [-0.1, -0.05) is 96.4 Å². The van der Waals surface area contributed by atoms with Gasteiger partial charge in [-0.05, 0) is 86.7 Å². The smallest absolute Gasteiger partial charge is 0.264 e. The zero-order chi connectivity index (χ0) is 34.3. The summed E-state index contributed by atoms with van der Waals surface area (Å²) in [5.41, 5.74) is 4.30. The number of aryl methyl sites for hydroxylation is 3. The molecule has 0 bridgehead atoms. The number of nitrogens with one attached hydrogen (secondary N) is 1. The number of sulfonamides is 1. The first-order chi connectivity index (χ1) is 22.3. The van der Waals surface area contributed by atoms with Crippen molar-refractivity contribution in [2.24, 2.45) is 0 Å². The third-order valence-electron chi connectivity index (χ3n) is 8.13. The molecule has 0 aliphatic heterocycles. The van der Waals surface area contributed by atoms with Crippen molar-refractivity contribution < 1.29 is 18.0 Å². The Kier molecular flexibility index (Phi) is 12.1. The topological polar surface area (TPSA) is 86.8 Å². The van der Waals surface area contributed by atoms with Gasteiger partial charge in [0.05, 0.1) is 20.6 Å². The van der Waals surface area contributed by atoms with Crippen LogP contribution in [0.5, 0.6) is 0 Å². The molecule has 0 fully saturated rings. The lowest BCUT2D eigenvalue weighted by Crippen LogP contribution is -2.54. The van der Waals surface area contributed by atoms with E-state index in [2.05, 4.69) is 5.32 Å². The van der Waals surface area contributed by atoms with Gasteiger partial charge in [-0.2, -0.15) is 0 Å². The number of amides is 2. The van der Waals surface area contributed by atoms with E-state index in [1.807, 2.05) is 77.1 Å². The molecule has 0 aliphatic carbocycles. The standard InChI is InChI=1S/C37H41Cl2N3O4S/c1-6-28(5)40-37(44)35(22-29-10-8-7-9-11-29)41(23-30-16-19-32(38)33(39)21-30)36(43)24-42(34-20-26(3)12-15-27(34)4)47(45,46)31-17-13-25(2)14-18-31/h7-21,28,35H,6,22-24H2,1-5H3,(H,40,44)/t28-,35-/m0/s1. The van der Waals surface area contributed by atoms with Crippen molar-refractivity contribution >= 4 is 50.7 Å². The van der Waals surface area contributed by atoms with Crippen LogP contribution in [0.2, 0.25) is 10.0 Å². The molecule has 0 radical (unpaired) electrons. The molecule has 248 valence electrons. The fourth-order valence-corrected chi connectivity index (χ4v) is 6.96. The van der Waals surface area contributed by atoms with Crippen molar-refractivity contribution in [2.75, 3.05) is 10.8 Å². The van der Waals surface area contributed by atoms with Gasteiger partial charge in [0.1, 0.15) is 12.6 Å². The number of hydrogen-bond donors (Lipinski definition) is 1. The lowest BCUT2D eigenvalue weighted by molar-refractivity contribution is -0.140. The lowest BCUT2D eigenvalue weighted by atomic mass is 10.0. The number of anilines is 1. The van der Waals surface area contributed by atoms with E-state index in [9.17, 15) is 18.0 Å². The van der Waals surface area contributed by atoms with Gasteiger partial charge in [-0.15, -0.1) is 0 Å². The first kappa shape index (κ1) is 36.0. The number of rotatable bonds is 13. The molecule has 7 nitrogen and oxygen atoms in total. The summed E-state index contributed by atoms with van der Waals surface area (Å²) in [7, 11) is -4.20. The Bertz CT molecular complexity index is 1820. The first-order valence-electron chi connectivity index (χ1n) is 15.5. The molecular formula is C37H41Cl2N3O4S. The van der Waals surface area contributed by atoms with E-state index in [4.69, 9.17) is 23.2 Å². The third kappa shape index (κ3) is 9.15. The molecule has 0 spiro atoms. The second kappa shape index (κ2) is 15.8. The predicted octanol–water partition coefficient (Wildman–Crippen LogP) is 7.67. The Labute approximate surface area is 288 Å². The summed E-state index contributed by atoms with van der Waals surface area (Å²) in [4.78, 5) is 30.2. The van der Waals surface area contributed by atoms with Crippen molar-refractivity contribution in [1.29, 1.82) is 0 Å². The Morgan fingerprint density at radius 1 is 0.809 bits per heavy atom. The highest BCUT2D eigenvalue weighted by molar-refractivity contribution is 7.92. The highest BCUT2D eigenvalue weighted by atomic mass is 35.5. The summed E-state index contributed by atoms with van der Waals surface area (Å²) >= 11 is 12.6. The number of hydrogen-bond acceptors (Lipinski definition) is 4. The summed E-state index contributed by atoms with van der Waals surface area (Å²) in [6, 6.07) is 25.4. The minimum atomic E-state index is -4.20. The molecule has 2 amide bonds. The maximum atomic E-state index is 14.7. The molecule has 10 heteroatoms. The van der Waals surface area contributed by atoms with E-state index in [0.29, 0.717) is 33.3 Å². The minimum absolute atomic E-state index is 0.00757. The molecule has 2 atom stereocenters. The van der Waals surface area contributed by atoms with Crippen molar-refractivity contribution in [3.8, 4) is 0 Å². The van der Waals surface area contributed by atoms with Crippen LogP contribution in [0.3, 0.4) is 0 Å². The Hall–Kier alpha value is -3.85. The van der Waals surface area contributed by atoms with Gasteiger partial charge in [0.15, 0.2) is 0 Å². The summed E-state index contributed by atoms with van der Waals surface area (Å²) in [5.74, 6) is -0.885. The molecule has 0 aromatic heterocycles. The van der Waals surface area contributed by atoms with Crippen LogP contribution in [0.4, 0.5) is 5.69 Å². The largest absolute Gasteiger partial charge is 0.352 e. The SMILES string of the molecule is CC[C@H](C)NC(=O)[C@H](Cc1ccccc1)N(Cc1ccc(Cl)c(Cl)c1)C(=O)CN(c1cc(C)ccc1C)S(=O)(=O)c1ccc(C)cc1. The van der Waals surface area contributed by atoms with Crippen LogP contribution in [-0.4, -0.2) is 43.8 Å². The van der Waals surface area contributed by atoms with Crippen LogP contribution < -0.4 is 9.62 Å². The van der Waals surface area contributed by atoms with Crippen molar-refractivity contribution in [2.45, 2.75) is 71.0 Å². The summed E-state index contributed by atoms with van der Waals surface area (Å²) in [6.45, 7) is 8.87. The molecule has 0 saturated carbocycles. The molecule has 1 N–H and O–H groups in total. The lowest BCUT2D eigenvalue weighted by Gasteiger charge is -2.34. The van der Waals surface area contributed by atoms with Crippen LogP contribution in [0.1, 0.15) is 48.1 Å². The maximum absolute atomic E-state index is 14.7. The Balaban J connectivity index is 1.85. The van der Waals surface area contributed by atoms with Crippen molar-refractivity contribution in [1.82, 2.24) is 10.2 Å². The Morgan fingerprint density at radius 2 is 1.47 bits per heavy atom. The molecule has 0 heterocycles. The number of carbonyl (C=O) groups excluding carboxylic acids is 2. The first-order valence-corrected chi connectivity index (χ1v) is 17.7. The zero-order valence-electron chi connectivity index (χ0n) is 27.3. The van der Waals surface area contributed by atoms with Gasteiger partial charge in [0.25, 0.3) is 10.0 Å². The summed E-state index contributed by atoms with van der Waals surface area (Å²) in [5, 5.41) is 3.70. The van der Waals surface area contributed by atoms with Crippen molar-refractivity contribution in [3.05, 3.63) is 129 Å². The quantitative estimate of drug-likeness (QED) is 0.156. The second-order valence-electron chi connectivity index (χ2n) is 11.9. The molecular weight excluding hydrogens is 653 g/mol. The van der Waals surface area contributed by atoms with Gasteiger partial charge in [0, 0.05) is 19.0 Å². The van der Waals surface area contributed by atoms with E-state index >= 15 is 0 Å². The fourth-order valence-electron chi connectivity index (χ4n) is 5.17. The predicted molar refractivity (Wildman–Crippen MR) is 190 cm³/mol. The summed E-state index contributed by atoms with van der Waals surface area (Å²) in [6.07, 6.45) is 0.907. The van der Waals surface area contributed by atoms with Gasteiger partial charge < -0.3 is 10.2 Å². The molecule has 47 heavy (non-hydrogen) atoms. The molecule has 0 unspecified atom stereocenters. The molecule has 4 aromatic rings. The Morgan fingerprint density at radius 3 is 2.11 bits per heavy atom. The average Bonchev–Trinajstić information content (AvgIpc) is 3.04. The van der Waals surface area contributed by atoms with E-state index in [1.54, 1.807) is 48.5 Å². The fraction of sp³-hybridized carbons (Fsp3) is 0.297. The minimum Gasteiger partial charge on any atom is -0.352 e. The van der Waals surface area contributed by atoms with Crippen LogP contribution in [0, 0.1) is 20.8 Å². The van der Waals surface area contributed by atoms with Gasteiger partial charge in [-0.25, -0.2) is 8.42 Å². The van der Waals surface area contributed by atoms with E-state index in [-0.39, 0.29) is 29.8 Å². The zero-order valence-corrected chi connectivity index (χ0v) is 29.7. The van der Waals surface area contributed by atoms with Crippen LogP contribution in [-0.2, 0) is 32.6 Å². The van der Waals surface area contributed by atoms with Crippen LogP contribution >= 0.6 is 23.2 Å². The van der Waals surface area contributed by atoms with Gasteiger partial charge in [-0.3, -0.25) is 13.9 Å². The molecule has 4 aromatic carbocycles. The number of halogens is 2. The number of carbonyl (C=O) groups is 2. The second-order valence-corrected chi connectivity index (χ2v) is 14.6. The van der Waals surface area contributed by atoms with E-state index in [0.717, 1.165) is 21.0 Å². The van der Waals surface area contributed by atoms with E-state index in [1.165, 1.54) is 4.90 Å². The maximum Gasteiger partial charge on any atom is 0.264 e. The highest BCUT2D eigenvalue weighted by Gasteiger charge is 2.35. The molecule has 4 rings (SSSR count). The van der Waals surface area contributed by atoms with Gasteiger partial charge >= 0.3 is 0 Å². The highest BCUT2D eigenvalue weighted by Crippen LogP contribution is 2.30. The van der Waals surface area contributed by atoms with Crippen molar-refractivity contribution in [3.63, 3.8) is 0 Å². The van der Waals surface area contributed by atoms with Crippen LogP contribution in [0.15, 0.2) is 95.9 Å². The summed E-state index contributed by atoms with van der Waals surface area (Å²) < 4.78 is 29.8. The normalized spacial score (nSPS) is 12.7. The molecule has 0 saturated heterocycles. The number of nitrogens with zero attached hydrogens (tertiary/aromatic N) is 2. The third-order valence-corrected chi connectivity index (χ3v) is 10.6. The number of benzene rings is 4. The van der Waals surface area contributed by atoms with Crippen LogP contribution in [0.25, 0.3) is 0 Å². The average molecular weight is 695 g/mol. The van der Waals surface area contributed by atoms with Gasteiger partial charge in [0.2, 0.25) is 11.8 Å².